The number of methoxy groups -OCH3 is 3. The third-order valence-electron chi connectivity index (χ3n) is 2.05. The van der Waals surface area contributed by atoms with E-state index in [4.69, 9.17) is 9.47 Å². The number of carbonyl (C=O) groups excluding carboxylic acids is 1. The molecule has 0 bridgehead atoms. The number of carbonyl (C=O) groups is 1. The summed E-state index contributed by atoms with van der Waals surface area (Å²) in [5, 5.41) is 3.73. The Bertz CT molecular complexity index is 463. The van der Waals surface area contributed by atoms with Crippen molar-refractivity contribution in [2.24, 2.45) is 5.10 Å². The van der Waals surface area contributed by atoms with Crippen LogP contribution in [0, 0.1) is 0 Å². The molecule has 0 unspecified atom stereocenters. The van der Waals surface area contributed by atoms with Crippen LogP contribution in [0.4, 0.5) is 4.79 Å². The maximum absolute atomic E-state index is 10.8. The van der Waals surface area contributed by atoms with Gasteiger partial charge in [0.05, 0.1) is 27.5 Å². The molecule has 1 aromatic carbocycles. The van der Waals surface area contributed by atoms with Gasteiger partial charge in [0.25, 0.3) is 0 Å². The SMILES string of the molecule is COC(=O)N/N=C\c1cc(OC)c(OC)cc1Br. The van der Waals surface area contributed by atoms with Gasteiger partial charge in [-0.05, 0) is 28.1 Å². The Morgan fingerprint density at radius 1 is 1.28 bits per heavy atom. The molecule has 0 aliphatic carbocycles. The molecule has 0 spiro atoms. The van der Waals surface area contributed by atoms with Crippen LogP contribution in [-0.4, -0.2) is 33.6 Å². The Balaban J connectivity index is 2.92. The molecule has 0 aromatic heterocycles. The molecule has 0 aliphatic rings. The topological polar surface area (TPSA) is 69.2 Å². The number of hydrogen-bond acceptors (Lipinski definition) is 5. The van der Waals surface area contributed by atoms with Gasteiger partial charge in [-0.2, -0.15) is 5.10 Å². The van der Waals surface area contributed by atoms with E-state index in [0.29, 0.717) is 11.5 Å². The van der Waals surface area contributed by atoms with E-state index in [9.17, 15) is 4.79 Å². The van der Waals surface area contributed by atoms with Crippen LogP contribution in [-0.2, 0) is 4.74 Å². The van der Waals surface area contributed by atoms with Gasteiger partial charge in [-0.25, -0.2) is 10.2 Å². The van der Waals surface area contributed by atoms with Gasteiger partial charge in [0.2, 0.25) is 0 Å². The lowest BCUT2D eigenvalue weighted by molar-refractivity contribution is 0.171. The lowest BCUT2D eigenvalue weighted by Crippen LogP contribution is -2.16. The highest BCUT2D eigenvalue weighted by Crippen LogP contribution is 2.32. The summed E-state index contributed by atoms with van der Waals surface area (Å²) in [6.07, 6.45) is 0.825. The summed E-state index contributed by atoms with van der Waals surface area (Å²) in [5.74, 6) is 1.17. The summed E-state index contributed by atoms with van der Waals surface area (Å²) >= 11 is 3.36. The summed E-state index contributed by atoms with van der Waals surface area (Å²) in [5.41, 5.74) is 2.92. The van der Waals surface area contributed by atoms with Crippen molar-refractivity contribution in [2.45, 2.75) is 0 Å². The van der Waals surface area contributed by atoms with E-state index in [1.54, 1.807) is 26.4 Å². The second kappa shape index (κ2) is 6.85. The van der Waals surface area contributed by atoms with Gasteiger partial charge in [0.15, 0.2) is 11.5 Å². The number of amides is 1. The van der Waals surface area contributed by atoms with E-state index in [0.717, 1.165) is 10.0 Å². The minimum atomic E-state index is -0.636. The lowest BCUT2D eigenvalue weighted by atomic mass is 10.2. The minimum Gasteiger partial charge on any atom is -0.493 e. The first-order valence-electron chi connectivity index (χ1n) is 4.91. The first kappa shape index (κ1) is 14.3. The quantitative estimate of drug-likeness (QED) is 0.682. The smallest absolute Gasteiger partial charge is 0.427 e. The molecule has 0 radical (unpaired) electrons. The zero-order valence-electron chi connectivity index (χ0n) is 10.2. The number of nitrogens with one attached hydrogen (secondary N) is 1. The predicted molar refractivity (Wildman–Crippen MR) is 70.4 cm³/mol. The molecular formula is C11H13BrN2O4. The number of ether oxygens (including phenoxy) is 3. The van der Waals surface area contributed by atoms with Gasteiger partial charge in [0, 0.05) is 10.0 Å². The molecule has 18 heavy (non-hydrogen) atoms. The average molecular weight is 317 g/mol. The van der Waals surface area contributed by atoms with Crippen LogP contribution < -0.4 is 14.9 Å². The van der Waals surface area contributed by atoms with Crippen molar-refractivity contribution < 1.29 is 19.0 Å². The number of halogens is 1. The van der Waals surface area contributed by atoms with Crippen LogP contribution in [0.25, 0.3) is 0 Å². The Hall–Kier alpha value is -1.76. The van der Waals surface area contributed by atoms with Crippen molar-refractivity contribution in [3.63, 3.8) is 0 Å². The van der Waals surface area contributed by atoms with E-state index < -0.39 is 6.09 Å². The molecular weight excluding hydrogens is 304 g/mol. The number of hydrogen-bond donors (Lipinski definition) is 1. The Morgan fingerprint density at radius 2 is 1.89 bits per heavy atom. The van der Waals surface area contributed by atoms with Crippen LogP contribution in [0.15, 0.2) is 21.7 Å². The Morgan fingerprint density at radius 3 is 2.44 bits per heavy atom. The number of benzene rings is 1. The highest BCUT2D eigenvalue weighted by atomic mass is 79.9. The van der Waals surface area contributed by atoms with E-state index in [2.05, 4.69) is 31.2 Å². The predicted octanol–water partition coefficient (Wildman–Crippen LogP) is 2.16. The van der Waals surface area contributed by atoms with Crippen LogP contribution in [0.3, 0.4) is 0 Å². The van der Waals surface area contributed by atoms with Crippen molar-refractivity contribution in [2.75, 3.05) is 21.3 Å². The summed E-state index contributed by atoms with van der Waals surface area (Å²) in [7, 11) is 4.35. The highest BCUT2D eigenvalue weighted by molar-refractivity contribution is 9.10. The van der Waals surface area contributed by atoms with Gasteiger partial charge in [-0.1, -0.05) is 0 Å². The molecule has 0 saturated heterocycles. The fourth-order valence-electron chi connectivity index (χ4n) is 1.17. The first-order chi connectivity index (χ1) is 8.62. The fraction of sp³-hybridized carbons (Fsp3) is 0.273. The van der Waals surface area contributed by atoms with E-state index in [1.807, 2.05) is 0 Å². The molecule has 7 heteroatoms. The molecule has 1 rings (SSSR count). The summed E-state index contributed by atoms with van der Waals surface area (Å²) < 4.78 is 15.4. The van der Waals surface area contributed by atoms with Gasteiger partial charge >= 0.3 is 6.09 Å². The van der Waals surface area contributed by atoms with Crippen LogP contribution in [0.5, 0.6) is 11.5 Å². The first-order valence-corrected chi connectivity index (χ1v) is 5.70. The second-order valence-electron chi connectivity index (χ2n) is 3.09. The number of rotatable bonds is 4. The fourth-order valence-corrected chi connectivity index (χ4v) is 1.59. The second-order valence-corrected chi connectivity index (χ2v) is 3.94. The molecule has 0 saturated carbocycles. The largest absolute Gasteiger partial charge is 0.493 e. The van der Waals surface area contributed by atoms with Crippen molar-refractivity contribution in [3.05, 3.63) is 22.2 Å². The third kappa shape index (κ3) is 3.63. The van der Waals surface area contributed by atoms with Crippen LogP contribution in [0.2, 0.25) is 0 Å². The Labute approximate surface area is 113 Å². The molecule has 98 valence electrons. The summed E-state index contributed by atoms with van der Waals surface area (Å²) in [6.45, 7) is 0. The third-order valence-corrected chi connectivity index (χ3v) is 2.73. The molecule has 1 amide bonds. The number of hydrazone groups is 1. The van der Waals surface area contributed by atoms with Crippen molar-refractivity contribution in [1.82, 2.24) is 5.43 Å². The van der Waals surface area contributed by atoms with Crippen molar-refractivity contribution in [1.29, 1.82) is 0 Å². The van der Waals surface area contributed by atoms with Gasteiger partial charge < -0.3 is 14.2 Å². The molecule has 0 atom stereocenters. The molecule has 1 N–H and O–H groups in total. The van der Waals surface area contributed by atoms with Gasteiger partial charge in [-0.3, -0.25) is 0 Å². The molecule has 6 nitrogen and oxygen atoms in total. The monoisotopic (exact) mass is 316 g/mol. The summed E-state index contributed by atoms with van der Waals surface area (Å²) in [6, 6.07) is 3.48. The minimum absolute atomic E-state index is 0.570. The lowest BCUT2D eigenvalue weighted by Gasteiger charge is -2.09. The normalized spacial score (nSPS) is 10.2. The van der Waals surface area contributed by atoms with E-state index in [-0.39, 0.29) is 0 Å². The zero-order valence-corrected chi connectivity index (χ0v) is 11.8. The van der Waals surface area contributed by atoms with E-state index >= 15 is 0 Å². The van der Waals surface area contributed by atoms with E-state index in [1.165, 1.54) is 13.3 Å². The standard InChI is InChI=1S/C11H13BrN2O4/c1-16-9-4-7(6-13-14-11(15)18-3)8(12)5-10(9)17-2/h4-6H,1-3H3,(H,14,15)/b13-6-. The van der Waals surface area contributed by atoms with Gasteiger partial charge in [-0.15, -0.1) is 0 Å². The average Bonchev–Trinajstić information content (AvgIpc) is 2.39. The van der Waals surface area contributed by atoms with Gasteiger partial charge in [0.1, 0.15) is 0 Å². The maximum Gasteiger partial charge on any atom is 0.427 e. The molecule has 0 aliphatic heterocycles. The summed E-state index contributed by atoms with van der Waals surface area (Å²) in [4.78, 5) is 10.8. The molecule has 0 fully saturated rings. The molecule has 0 heterocycles. The Kier molecular flexibility index (Phi) is 5.44. The molecule has 1 aromatic rings. The van der Waals surface area contributed by atoms with Crippen LogP contribution >= 0.6 is 15.9 Å². The van der Waals surface area contributed by atoms with Crippen LogP contribution in [0.1, 0.15) is 5.56 Å². The number of nitrogens with zero attached hydrogens (tertiary/aromatic N) is 1. The zero-order chi connectivity index (χ0) is 13.5. The van der Waals surface area contributed by atoms with Crippen molar-refractivity contribution in [3.8, 4) is 11.5 Å². The maximum atomic E-state index is 10.8. The van der Waals surface area contributed by atoms with Crippen molar-refractivity contribution >= 4 is 28.2 Å². The highest BCUT2D eigenvalue weighted by Gasteiger charge is 2.08.